The molecule has 8 nitrogen and oxygen atoms in total. The molecule has 1 fully saturated rings. The number of aromatic nitrogens is 3. The van der Waals surface area contributed by atoms with Gasteiger partial charge in [0.05, 0.1) is 11.1 Å². The first kappa shape index (κ1) is 17.1. The number of thiophene rings is 1. The van der Waals surface area contributed by atoms with Gasteiger partial charge in [-0.3, -0.25) is 9.48 Å². The van der Waals surface area contributed by atoms with E-state index in [2.05, 4.69) is 10.1 Å². The summed E-state index contributed by atoms with van der Waals surface area (Å²) < 4.78 is 28.5. The molecule has 1 aliphatic rings. The van der Waals surface area contributed by atoms with Crippen molar-refractivity contribution in [1.29, 1.82) is 0 Å². The topological polar surface area (TPSA) is 111 Å². The molecule has 1 amide bonds. The van der Waals surface area contributed by atoms with Crippen molar-refractivity contribution in [1.82, 2.24) is 19.1 Å². The van der Waals surface area contributed by atoms with E-state index in [1.165, 1.54) is 32.7 Å². The van der Waals surface area contributed by atoms with Crippen LogP contribution in [0.25, 0.3) is 10.2 Å². The van der Waals surface area contributed by atoms with E-state index in [-0.39, 0.29) is 10.8 Å². The van der Waals surface area contributed by atoms with Crippen molar-refractivity contribution in [2.75, 3.05) is 13.1 Å². The zero-order valence-corrected chi connectivity index (χ0v) is 15.6. The minimum Gasteiger partial charge on any atom is -0.365 e. The maximum Gasteiger partial charge on any atom is 0.259 e. The van der Waals surface area contributed by atoms with Gasteiger partial charge < -0.3 is 5.73 Å². The van der Waals surface area contributed by atoms with Gasteiger partial charge in [0.2, 0.25) is 10.0 Å². The van der Waals surface area contributed by atoms with E-state index in [1.807, 2.05) is 12.1 Å². The number of fused-ring (bicyclic) bond motifs is 1. The summed E-state index contributed by atoms with van der Waals surface area (Å²) in [6, 6.07) is 3.71. The first-order valence-electron chi connectivity index (χ1n) is 8.04. The van der Waals surface area contributed by atoms with Crippen molar-refractivity contribution in [3.63, 3.8) is 0 Å². The number of hydrogen-bond donors (Lipinski definition) is 1. The van der Waals surface area contributed by atoms with Crippen LogP contribution in [-0.4, -0.2) is 46.5 Å². The van der Waals surface area contributed by atoms with Crippen molar-refractivity contribution in [2.24, 2.45) is 12.8 Å². The largest absolute Gasteiger partial charge is 0.365 e. The van der Waals surface area contributed by atoms with Crippen LogP contribution in [0, 0.1) is 0 Å². The molecular formula is C16H17N5O3S2. The lowest BCUT2D eigenvalue weighted by Crippen LogP contribution is -2.28. The van der Waals surface area contributed by atoms with Crippen LogP contribution in [0.15, 0.2) is 35.6 Å². The van der Waals surface area contributed by atoms with E-state index in [0.29, 0.717) is 24.4 Å². The zero-order chi connectivity index (χ0) is 18.5. The first-order valence-corrected chi connectivity index (χ1v) is 10.3. The van der Waals surface area contributed by atoms with Crippen molar-refractivity contribution >= 4 is 37.5 Å². The highest BCUT2D eigenvalue weighted by molar-refractivity contribution is 7.89. The molecule has 1 saturated heterocycles. The van der Waals surface area contributed by atoms with Gasteiger partial charge in [0.1, 0.15) is 9.73 Å². The van der Waals surface area contributed by atoms with E-state index in [0.717, 1.165) is 15.8 Å². The number of nitrogens with two attached hydrogens (primary N) is 1. The molecule has 4 rings (SSSR count). The van der Waals surface area contributed by atoms with E-state index in [4.69, 9.17) is 5.73 Å². The van der Waals surface area contributed by atoms with Gasteiger partial charge in [0.15, 0.2) is 0 Å². The summed E-state index contributed by atoms with van der Waals surface area (Å²) in [4.78, 5) is 17.6. The molecule has 0 unspecified atom stereocenters. The number of carbonyl (C=O) groups excluding carboxylic acids is 1. The molecule has 3 aromatic rings. The number of hydrogen-bond acceptors (Lipinski definition) is 6. The quantitative estimate of drug-likeness (QED) is 0.721. The Labute approximate surface area is 154 Å². The third-order valence-electron chi connectivity index (χ3n) is 4.61. The number of primary amides is 1. The van der Waals surface area contributed by atoms with Gasteiger partial charge in [-0.2, -0.15) is 9.40 Å². The van der Waals surface area contributed by atoms with Crippen LogP contribution >= 0.6 is 11.3 Å². The molecule has 10 heteroatoms. The lowest BCUT2D eigenvalue weighted by atomic mass is 9.96. The Hall–Kier alpha value is -2.30. The number of pyridine rings is 1. The smallest absolute Gasteiger partial charge is 0.259 e. The molecule has 136 valence electrons. The van der Waals surface area contributed by atoms with Crippen molar-refractivity contribution in [2.45, 2.75) is 17.2 Å². The van der Waals surface area contributed by atoms with Crippen LogP contribution in [0.1, 0.15) is 27.6 Å². The van der Waals surface area contributed by atoms with Crippen LogP contribution < -0.4 is 5.73 Å². The molecule has 0 bridgehead atoms. The highest BCUT2D eigenvalue weighted by atomic mass is 32.2. The minimum absolute atomic E-state index is 0.0955. The summed E-state index contributed by atoms with van der Waals surface area (Å²) in [5, 5.41) is 4.82. The maximum atomic E-state index is 12.8. The predicted molar refractivity (Wildman–Crippen MR) is 97.5 cm³/mol. The number of carbonyl (C=O) groups is 1. The van der Waals surface area contributed by atoms with Gasteiger partial charge in [-0.05, 0) is 18.1 Å². The Morgan fingerprint density at radius 1 is 1.42 bits per heavy atom. The Morgan fingerprint density at radius 2 is 2.23 bits per heavy atom. The van der Waals surface area contributed by atoms with Crippen LogP contribution in [0.3, 0.4) is 0 Å². The van der Waals surface area contributed by atoms with Crippen molar-refractivity contribution < 1.29 is 13.2 Å². The molecule has 3 aromatic heterocycles. The van der Waals surface area contributed by atoms with Crippen molar-refractivity contribution in [3.05, 3.63) is 41.2 Å². The summed E-state index contributed by atoms with van der Waals surface area (Å²) in [5.74, 6) is -0.599. The van der Waals surface area contributed by atoms with Gasteiger partial charge in [-0.25, -0.2) is 13.4 Å². The van der Waals surface area contributed by atoms with Crippen molar-refractivity contribution in [3.8, 4) is 0 Å². The molecule has 2 N–H and O–H groups in total. The Kier molecular flexibility index (Phi) is 4.05. The standard InChI is InChI=1S/C16H17N5O3S2/c1-20-9-11(7-19-20)26(23,24)21-6-4-10(8-21)13-12-3-2-5-18-16(12)25-14(13)15(17)22/h2-3,5,7,9-10H,4,6,8H2,1H3,(H2,17,22)/t10-/m0/s1. The predicted octanol–water partition coefficient (Wildman–Crippen LogP) is 1.31. The molecule has 0 spiro atoms. The van der Waals surface area contributed by atoms with Gasteiger partial charge in [-0.15, -0.1) is 11.3 Å². The zero-order valence-electron chi connectivity index (χ0n) is 14.0. The Balaban J connectivity index is 1.71. The maximum absolute atomic E-state index is 12.8. The minimum atomic E-state index is -3.61. The SMILES string of the molecule is Cn1cc(S(=O)(=O)N2CC[C@H](c3c(C(N)=O)sc4ncccc34)C2)cn1. The Morgan fingerprint density at radius 3 is 2.92 bits per heavy atom. The second-order valence-corrected chi connectivity index (χ2v) is 9.20. The number of rotatable bonds is 4. The summed E-state index contributed by atoms with van der Waals surface area (Å²) in [7, 11) is -1.93. The van der Waals surface area contributed by atoms with E-state index in [1.54, 1.807) is 13.2 Å². The number of aryl methyl sites for hydroxylation is 1. The average molecular weight is 391 g/mol. The molecule has 4 heterocycles. The summed E-state index contributed by atoms with van der Waals surface area (Å²) in [5.41, 5.74) is 6.38. The fraction of sp³-hybridized carbons (Fsp3) is 0.312. The van der Waals surface area contributed by atoms with Gasteiger partial charge in [0, 0.05) is 43.8 Å². The summed E-state index contributed by atoms with van der Waals surface area (Å²) in [6.07, 6.45) is 5.13. The molecule has 0 aromatic carbocycles. The first-order chi connectivity index (χ1) is 12.4. The highest BCUT2D eigenvalue weighted by Crippen LogP contribution is 2.40. The third kappa shape index (κ3) is 2.70. The van der Waals surface area contributed by atoms with Crippen LogP contribution in [0.4, 0.5) is 0 Å². The molecule has 0 aliphatic carbocycles. The van der Waals surface area contributed by atoms with E-state index >= 15 is 0 Å². The van der Waals surface area contributed by atoms with Gasteiger partial charge >= 0.3 is 0 Å². The third-order valence-corrected chi connectivity index (χ3v) is 7.57. The van der Waals surface area contributed by atoms with Crippen LogP contribution in [-0.2, 0) is 17.1 Å². The lowest BCUT2D eigenvalue weighted by molar-refractivity contribution is 0.100. The summed E-state index contributed by atoms with van der Waals surface area (Å²) in [6.45, 7) is 0.690. The molecule has 1 atom stereocenters. The van der Waals surface area contributed by atoms with Gasteiger partial charge in [0.25, 0.3) is 5.91 Å². The highest BCUT2D eigenvalue weighted by Gasteiger charge is 2.36. The number of amides is 1. The summed E-state index contributed by atoms with van der Waals surface area (Å²) >= 11 is 1.26. The number of nitrogens with zero attached hydrogens (tertiary/aromatic N) is 4. The van der Waals surface area contributed by atoms with Gasteiger partial charge in [-0.1, -0.05) is 6.07 Å². The molecule has 26 heavy (non-hydrogen) atoms. The fourth-order valence-electron chi connectivity index (χ4n) is 3.40. The second kappa shape index (κ2) is 6.15. The van der Waals surface area contributed by atoms with Crippen LogP contribution in [0.5, 0.6) is 0 Å². The monoisotopic (exact) mass is 391 g/mol. The molecular weight excluding hydrogens is 374 g/mol. The van der Waals surface area contributed by atoms with E-state index in [9.17, 15) is 13.2 Å². The van der Waals surface area contributed by atoms with E-state index < -0.39 is 15.9 Å². The fourth-order valence-corrected chi connectivity index (χ4v) is 5.97. The lowest BCUT2D eigenvalue weighted by Gasteiger charge is -2.16. The molecule has 0 saturated carbocycles. The normalized spacial score (nSPS) is 18.6. The Bertz CT molecular complexity index is 1100. The molecule has 1 aliphatic heterocycles. The average Bonchev–Trinajstić information content (AvgIpc) is 3.31. The molecule has 0 radical (unpaired) electrons. The van der Waals surface area contributed by atoms with Crippen LogP contribution in [0.2, 0.25) is 0 Å². The second-order valence-electron chi connectivity index (χ2n) is 6.26. The number of sulfonamides is 1.